The zero-order chi connectivity index (χ0) is 18.2. The molecule has 3 N–H and O–H groups in total. The fraction of sp³-hybridized carbons (Fsp3) is 0.158. The molecule has 0 unspecified atom stereocenters. The minimum Gasteiger partial charge on any atom is -0.493 e. The summed E-state index contributed by atoms with van der Waals surface area (Å²) in [6, 6.07) is 12.6. The van der Waals surface area contributed by atoms with Crippen molar-refractivity contribution in [1.82, 2.24) is 0 Å². The molecule has 2 aromatic rings. The average Bonchev–Trinajstić information content (AvgIpc) is 2.60. The summed E-state index contributed by atoms with van der Waals surface area (Å²) in [5.41, 5.74) is 7.66. The van der Waals surface area contributed by atoms with Gasteiger partial charge in [-0.3, -0.25) is 9.59 Å². The van der Waals surface area contributed by atoms with Gasteiger partial charge in [0.05, 0.1) is 7.11 Å². The average molecular weight is 340 g/mol. The molecule has 130 valence electrons. The number of amides is 2. The van der Waals surface area contributed by atoms with E-state index in [1.165, 1.54) is 13.2 Å². The van der Waals surface area contributed by atoms with Crippen LogP contribution < -0.4 is 20.5 Å². The predicted octanol–water partition coefficient (Wildman–Crippen LogP) is 2.52. The van der Waals surface area contributed by atoms with E-state index in [1.807, 2.05) is 31.2 Å². The molecule has 0 atom stereocenters. The van der Waals surface area contributed by atoms with Gasteiger partial charge in [0.15, 0.2) is 18.1 Å². The van der Waals surface area contributed by atoms with E-state index in [0.717, 1.165) is 16.8 Å². The molecule has 2 amide bonds. The van der Waals surface area contributed by atoms with Gasteiger partial charge in [-0.2, -0.15) is 0 Å². The zero-order valence-corrected chi connectivity index (χ0v) is 14.1. The fourth-order valence-electron chi connectivity index (χ4n) is 2.05. The van der Waals surface area contributed by atoms with Gasteiger partial charge >= 0.3 is 0 Å². The molecule has 25 heavy (non-hydrogen) atoms. The Balaban J connectivity index is 2.03. The number of methoxy groups -OCH3 is 1. The van der Waals surface area contributed by atoms with Crippen LogP contribution in [0.2, 0.25) is 0 Å². The molecule has 0 spiro atoms. The second kappa shape index (κ2) is 8.54. The maximum atomic E-state index is 12.0. The lowest BCUT2D eigenvalue weighted by Gasteiger charge is -2.10. The fourth-order valence-corrected chi connectivity index (χ4v) is 2.05. The molecule has 0 radical (unpaired) electrons. The highest BCUT2D eigenvalue weighted by Gasteiger charge is 2.06. The molecule has 0 aliphatic rings. The van der Waals surface area contributed by atoms with Crippen LogP contribution in [0.1, 0.15) is 11.1 Å². The molecule has 0 aliphatic heterocycles. The molecule has 0 aromatic heterocycles. The topological polar surface area (TPSA) is 90.7 Å². The van der Waals surface area contributed by atoms with Crippen molar-refractivity contribution in [2.75, 3.05) is 19.0 Å². The molecule has 0 aliphatic carbocycles. The molecule has 2 rings (SSSR count). The molecule has 0 saturated carbocycles. The molecular formula is C19H20N2O4. The summed E-state index contributed by atoms with van der Waals surface area (Å²) in [5, 5.41) is 2.78. The van der Waals surface area contributed by atoms with Gasteiger partial charge in [-0.25, -0.2) is 0 Å². The van der Waals surface area contributed by atoms with E-state index >= 15 is 0 Å². The maximum Gasteiger partial charge on any atom is 0.255 e. The van der Waals surface area contributed by atoms with Crippen LogP contribution in [0.5, 0.6) is 11.5 Å². The van der Waals surface area contributed by atoms with Crippen molar-refractivity contribution in [3.05, 3.63) is 59.7 Å². The number of carbonyl (C=O) groups is 2. The van der Waals surface area contributed by atoms with Gasteiger partial charge < -0.3 is 20.5 Å². The first-order valence-electron chi connectivity index (χ1n) is 7.63. The molecule has 0 fully saturated rings. The monoisotopic (exact) mass is 340 g/mol. The molecular weight excluding hydrogens is 320 g/mol. The minimum atomic E-state index is -0.571. The number of aryl methyl sites for hydroxylation is 1. The largest absolute Gasteiger partial charge is 0.493 e. The number of anilines is 1. The standard InChI is InChI=1S/C19H20N2O4/c1-13-3-7-15(8-4-13)21-19(23)10-6-14-5-9-16(17(11-14)24-2)25-12-18(20)22/h3-11H,12H2,1-2H3,(H2,20,22)(H,21,23)/b10-6+. The predicted molar refractivity (Wildman–Crippen MR) is 96.5 cm³/mol. The Labute approximate surface area is 146 Å². The van der Waals surface area contributed by atoms with Crippen molar-refractivity contribution < 1.29 is 19.1 Å². The second-order valence-electron chi connectivity index (χ2n) is 5.35. The summed E-state index contributed by atoms with van der Waals surface area (Å²) >= 11 is 0. The van der Waals surface area contributed by atoms with Crippen molar-refractivity contribution in [2.45, 2.75) is 6.92 Å². The van der Waals surface area contributed by atoms with E-state index in [4.69, 9.17) is 15.2 Å². The summed E-state index contributed by atoms with van der Waals surface area (Å²) in [4.78, 5) is 22.8. The number of primary amides is 1. The Kier molecular flexibility index (Phi) is 6.17. The lowest BCUT2D eigenvalue weighted by Crippen LogP contribution is -2.20. The normalized spacial score (nSPS) is 10.5. The van der Waals surface area contributed by atoms with E-state index in [-0.39, 0.29) is 12.5 Å². The summed E-state index contributed by atoms with van der Waals surface area (Å²) in [6.07, 6.45) is 3.09. The van der Waals surface area contributed by atoms with Gasteiger partial charge in [-0.1, -0.05) is 23.8 Å². The van der Waals surface area contributed by atoms with Crippen molar-refractivity contribution in [3.8, 4) is 11.5 Å². The molecule has 6 heteroatoms. The Bertz CT molecular complexity index is 783. The van der Waals surface area contributed by atoms with Gasteiger partial charge in [0, 0.05) is 11.8 Å². The first-order chi connectivity index (χ1) is 12.0. The minimum absolute atomic E-state index is 0.232. The third-order valence-electron chi connectivity index (χ3n) is 3.30. The number of rotatable bonds is 7. The highest BCUT2D eigenvalue weighted by molar-refractivity contribution is 6.01. The van der Waals surface area contributed by atoms with Gasteiger partial charge in [-0.05, 0) is 42.8 Å². The number of ether oxygens (including phenoxy) is 2. The lowest BCUT2D eigenvalue weighted by atomic mass is 10.2. The number of hydrogen-bond donors (Lipinski definition) is 2. The zero-order valence-electron chi connectivity index (χ0n) is 14.1. The number of nitrogens with one attached hydrogen (secondary N) is 1. The van der Waals surface area contributed by atoms with E-state index in [9.17, 15) is 9.59 Å². The third kappa shape index (κ3) is 5.69. The summed E-state index contributed by atoms with van der Waals surface area (Å²) in [5.74, 6) is 0.0422. The first-order valence-corrected chi connectivity index (χ1v) is 7.63. The first kappa shape index (κ1) is 18.1. The molecule has 0 saturated heterocycles. The van der Waals surface area contributed by atoms with Crippen molar-refractivity contribution in [2.24, 2.45) is 5.73 Å². The highest BCUT2D eigenvalue weighted by Crippen LogP contribution is 2.28. The molecule has 0 heterocycles. The number of nitrogens with two attached hydrogens (primary N) is 1. The maximum absolute atomic E-state index is 12.0. The smallest absolute Gasteiger partial charge is 0.255 e. The Hall–Kier alpha value is -3.28. The Morgan fingerprint density at radius 2 is 1.84 bits per heavy atom. The van der Waals surface area contributed by atoms with Gasteiger partial charge in [0.2, 0.25) is 5.91 Å². The van der Waals surface area contributed by atoms with Crippen LogP contribution in [0, 0.1) is 6.92 Å². The van der Waals surface area contributed by atoms with Gasteiger partial charge in [0.25, 0.3) is 5.91 Å². The number of hydrogen-bond acceptors (Lipinski definition) is 4. The molecule has 6 nitrogen and oxygen atoms in total. The quantitative estimate of drug-likeness (QED) is 0.758. The van der Waals surface area contributed by atoms with Crippen LogP contribution >= 0.6 is 0 Å². The van der Waals surface area contributed by atoms with Crippen LogP contribution in [0.3, 0.4) is 0 Å². The van der Waals surface area contributed by atoms with Gasteiger partial charge in [-0.15, -0.1) is 0 Å². The molecule has 2 aromatic carbocycles. The van der Waals surface area contributed by atoms with Crippen LogP contribution in [0.25, 0.3) is 6.08 Å². The van der Waals surface area contributed by atoms with Crippen LogP contribution in [0.15, 0.2) is 48.5 Å². The van der Waals surface area contributed by atoms with Crippen molar-refractivity contribution >= 4 is 23.6 Å². The Morgan fingerprint density at radius 3 is 2.48 bits per heavy atom. The number of benzene rings is 2. The van der Waals surface area contributed by atoms with Crippen molar-refractivity contribution in [3.63, 3.8) is 0 Å². The van der Waals surface area contributed by atoms with Crippen molar-refractivity contribution in [1.29, 1.82) is 0 Å². The van der Waals surface area contributed by atoms with Crippen LogP contribution in [0.4, 0.5) is 5.69 Å². The van der Waals surface area contributed by atoms with Crippen LogP contribution in [-0.4, -0.2) is 25.5 Å². The van der Waals surface area contributed by atoms with E-state index in [1.54, 1.807) is 24.3 Å². The summed E-state index contributed by atoms with van der Waals surface area (Å²) in [7, 11) is 1.49. The lowest BCUT2D eigenvalue weighted by molar-refractivity contribution is -0.120. The van der Waals surface area contributed by atoms with Gasteiger partial charge in [0.1, 0.15) is 0 Å². The Morgan fingerprint density at radius 1 is 1.12 bits per heavy atom. The van der Waals surface area contributed by atoms with E-state index in [2.05, 4.69) is 5.32 Å². The summed E-state index contributed by atoms with van der Waals surface area (Å²) < 4.78 is 10.5. The molecule has 0 bridgehead atoms. The second-order valence-corrected chi connectivity index (χ2v) is 5.35. The summed E-state index contributed by atoms with van der Waals surface area (Å²) in [6.45, 7) is 1.75. The number of carbonyl (C=O) groups excluding carboxylic acids is 2. The highest BCUT2D eigenvalue weighted by atomic mass is 16.5. The van der Waals surface area contributed by atoms with E-state index in [0.29, 0.717) is 11.5 Å². The SMILES string of the molecule is COc1cc(/C=C/C(=O)Nc2ccc(C)cc2)ccc1OCC(N)=O. The van der Waals surface area contributed by atoms with E-state index < -0.39 is 5.91 Å². The third-order valence-corrected chi connectivity index (χ3v) is 3.30. The van der Waals surface area contributed by atoms with Crippen LogP contribution in [-0.2, 0) is 9.59 Å².